The van der Waals surface area contributed by atoms with Crippen LogP contribution in [0, 0.1) is 5.82 Å². The zero-order valence-electron chi connectivity index (χ0n) is 11.2. The van der Waals surface area contributed by atoms with Crippen LogP contribution in [-0.4, -0.2) is 5.91 Å². The third-order valence-electron chi connectivity index (χ3n) is 2.79. The van der Waals surface area contributed by atoms with E-state index in [-0.39, 0.29) is 17.5 Å². The van der Waals surface area contributed by atoms with E-state index in [0.717, 1.165) is 0 Å². The third-order valence-corrected chi connectivity index (χ3v) is 3.40. The Morgan fingerprint density at radius 3 is 2.62 bits per heavy atom. The van der Waals surface area contributed by atoms with Crippen LogP contribution in [0.1, 0.15) is 12.5 Å². The van der Waals surface area contributed by atoms with Crippen LogP contribution in [0.5, 0.6) is 0 Å². The van der Waals surface area contributed by atoms with Crippen molar-refractivity contribution in [2.75, 3.05) is 10.6 Å². The number of anilines is 2. The van der Waals surface area contributed by atoms with Gasteiger partial charge >= 0.3 is 0 Å². The van der Waals surface area contributed by atoms with Crippen molar-refractivity contribution in [1.29, 1.82) is 0 Å². The average molecular weight is 327 g/mol. The number of nitrogens with one attached hydrogen (secondary N) is 2. The van der Waals surface area contributed by atoms with E-state index >= 15 is 0 Å². The zero-order chi connectivity index (χ0) is 15.4. The van der Waals surface area contributed by atoms with E-state index in [9.17, 15) is 9.18 Å². The van der Waals surface area contributed by atoms with Gasteiger partial charge in [0, 0.05) is 24.7 Å². The first-order chi connectivity index (χ1) is 9.97. The van der Waals surface area contributed by atoms with Crippen molar-refractivity contribution in [2.45, 2.75) is 13.5 Å². The Labute approximate surface area is 132 Å². The second kappa shape index (κ2) is 6.78. The molecule has 0 aliphatic carbocycles. The number of rotatable bonds is 4. The molecule has 0 saturated heterocycles. The minimum atomic E-state index is -0.437. The second-order valence-corrected chi connectivity index (χ2v) is 5.26. The van der Waals surface area contributed by atoms with Gasteiger partial charge < -0.3 is 10.6 Å². The lowest BCUT2D eigenvalue weighted by atomic mass is 10.2. The fourth-order valence-corrected chi connectivity index (χ4v) is 2.22. The molecule has 0 atom stereocenters. The molecule has 110 valence electrons. The molecule has 0 heterocycles. The summed E-state index contributed by atoms with van der Waals surface area (Å²) in [6.07, 6.45) is 0. The Balaban J connectivity index is 2.08. The van der Waals surface area contributed by atoms with Gasteiger partial charge in [-0.25, -0.2) is 4.39 Å². The first-order valence-corrected chi connectivity index (χ1v) is 6.97. The van der Waals surface area contributed by atoms with Gasteiger partial charge in [-0.3, -0.25) is 4.79 Å². The van der Waals surface area contributed by atoms with Crippen LogP contribution in [0.15, 0.2) is 36.4 Å². The van der Waals surface area contributed by atoms with E-state index in [1.807, 2.05) is 0 Å². The van der Waals surface area contributed by atoms with Crippen LogP contribution in [0.2, 0.25) is 10.0 Å². The lowest BCUT2D eigenvalue weighted by Gasteiger charge is -2.11. The molecule has 21 heavy (non-hydrogen) atoms. The number of hydrogen-bond acceptors (Lipinski definition) is 2. The van der Waals surface area contributed by atoms with E-state index in [0.29, 0.717) is 22.0 Å². The molecule has 6 heteroatoms. The molecule has 0 fully saturated rings. The van der Waals surface area contributed by atoms with Gasteiger partial charge in [-0.2, -0.15) is 0 Å². The van der Waals surface area contributed by atoms with Gasteiger partial charge in [-0.1, -0.05) is 35.3 Å². The summed E-state index contributed by atoms with van der Waals surface area (Å²) < 4.78 is 13.7. The lowest BCUT2D eigenvalue weighted by molar-refractivity contribution is -0.114. The van der Waals surface area contributed by atoms with Gasteiger partial charge in [0.2, 0.25) is 5.91 Å². The van der Waals surface area contributed by atoms with E-state index in [1.165, 1.54) is 13.0 Å². The minimum Gasteiger partial charge on any atom is -0.381 e. The van der Waals surface area contributed by atoms with Gasteiger partial charge in [0.25, 0.3) is 0 Å². The SMILES string of the molecule is CC(=O)Nc1ccc(NCc2cccc(Cl)c2F)cc1Cl. The second-order valence-electron chi connectivity index (χ2n) is 4.44. The molecule has 2 rings (SSSR count). The molecule has 0 saturated carbocycles. The predicted molar refractivity (Wildman–Crippen MR) is 84.5 cm³/mol. The van der Waals surface area contributed by atoms with Crippen molar-refractivity contribution in [1.82, 2.24) is 0 Å². The monoisotopic (exact) mass is 326 g/mol. The molecule has 0 aliphatic rings. The Morgan fingerprint density at radius 2 is 1.95 bits per heavy atom. The Kier molecular flexibility index (Phi) is 5.04. The van der Waals surface area contributed by atoms with Crippen LogP contribution >= 0.6 is 23.2 Å². The van der Waals surface area contributed by atoms with Gasteiger partial charge in [-0.15, -0.1) is 0 Å². The summed E-state index contributed by atoms with van der Waals surface area (Å²) in [4.78, 5) is 11.0. The smallest absolute Gasteiger partial charge is 0.221 e. The van der Waals surface area contributed by atoms with Crippen LogP contribution in [0.25, 0.3) is 0 Å². The maximum absolute atomic E-state index is 13.7. The molecule has 0 aliphatic heterocycles. The van der Waals surface area contributed by atoms with Gasteiger partial charge in [0.05, 0.1) is 15.7 Å². The summed E-state index contributed by atoms with van der Waals surface area (Å²) in [5, 5.41) is 6.16. The van der Waals surface area contributed by atoms with Crippen LogP contribution in [0.3, 0.4) is 0 Å². The van der Waals surface area contributed by atoms with Crippen LogP contribution in [-0.2, 0) is 11.3 Å². The number of carbonyl (C=O) groups excluding carboxylic acids is 1. The van der Waals surface area contributed by atoms with E-state index in [1.54, 1.807) is 30.3 Å². The van der Waals surface area contributed by atoms with E-state index in [4.69, 9.17) is 23.2 Å². The highest BCUT2D eigenvalue weighted by Crippen LogP contribution is 2.26. The highest BCUT2D eigenvalue weighted by Gasteiger charge is 2.07. The van der Waals surface area contributed by atoms with Crippen LogP contribution in [0.4, 0.5) is 15.8 Å². The Bertz CT molecular complexity index is 677. The Hall–Kier alpha value is -1.78. The molecular formula is C15H13Cl2FN2O. The summed E-state index contributed by atoms with van der Waals surface area (Å²) in [6, 6.07) is 9.94. The molecule has 2 N–H and O–H groups in total. The van der Waals surface area contributed by atoms with Crippen LogP contribution < -0.4 is 10.6 Å². The molecule has 2 aromatic rings. The summed E-state index contributed by atoms with van der Waals surface area (Å²) >= 11 is 11.8. The maximum Gasteiger partial charge on any atom is 0.221 e. The highest BCUT2D eigenvalue weighted by molar-refractivity contribution is 6.34. The minimum absolute atomic E-state index is 0.0911. The molecular weight excluding hydrogens is 314 g/mol. The quantitative estimate of drug-likeness (QED) is 0.854. The number of amides is 1. The van der Waals surface area contributed by atoms with Crippen molar-refractivity contribution in [3.05, 3.63) is 57.8 Å². The normalized spacial score (nSPS) is 10.3. The summed E-state index contributed by atoms with van der Waals surface area (Å²) in [5.41, 5.74) is 1.71. The summed E-state index contributed by atoms with van der Waals surface area (Å²) in [5.74, 6) is -0.633. The van der Waals surface area contributed by atoms with E-state index < -0.39 is 5.82 Å². The van der Waals surface area contributed by atoms with Crippen molar-refractivity contribution in [3.8, 4) is 0 Å². The standard InChI is InChI=1S/C15H13Cl2FN2O/c1-9(21)20-14-6-5-11(7-13(14)17)19-8-10-3-2-4-12(16)15(10)18/h2-7,19H,8H2,1H3,(H,20,21). The first kappa shape index (κ1) is 15.6. The van der Waals surface area contributed by atoms with Crippen molar-refractivity contribution in [3.63, 3.8) is 0 Å². The Morgan fingerprint density at radius 1 is 1.19 bits per heavy atom. The fourth-order valence-electron chi connectivity index (χ4n) is 1.80. The van der Waals surface area contributed by atoms with Crippen molar-refractivity contribution in [2.24, 2.45) is 0 Å². The molecule has 0 bridgehead atoms. The fraction of sp³-hybridized carbons (Fsp3) is 0.133. The number of benzene rings is 2. The maximum atomic E-state index is 13.7. The number of carbonyl (C=O) groups is 1. The molecule has 2 aromatic carbocycles. The van der Waals surface area contributed by atoms with Crippen molar-refractivity contribution >= 4 is 40.5 Å². The molecule has 1 amide bonds. The molecule has 0 spiro atoms. The van der Waals surface area contributed by atoms with Gasteiger partial charge in [0.1, 0.15) is 5.82 Å². The number of hydrogen-bond donors (Lipinski definition) is 2. The van der Waals surface area contributed by atoms with Gasteiger partial charge in [0.15, 0.2) is 0 Å². The summed E-state index contributed by atoms with van der Waals surface area (Å²) in [6.45, 7) is 1.69. The molecule has 0 unspecified atom stereocenters. The van der Waals surface area contributed by atoms with Crippen molar-refractivity contribution < 1.29 is 9.18 Å². The highest BCUT2D eigenvalue weighted by atomic mass is 35.5. The molecule has 0 aromatic heterocycles. The third kappa shape index (κ3) is 4.09. The number of halogens is 3. The van der Waals surface area contributed by atoms with E-state index in [2.05, 4.69) is 10.6 Å². The molecule has 3 nitrogen and oxygen atoms in total. The van der Waals surface area contributed by atoms with Gasteiger partial charge in [-0.05, 0) is 24.3 Å². The zero-order valence-corrected chi connectivity index (χ0v) is 12.7. The lowest BCUT2D eigenvalue weighted by Crippen LogP contribution is -2.07. The predicted octanol–water partition coefficient (Wildman–Crippen LogP) is 4.70. The first-order valence-electron chi connectivity index (χ1n) is 6.21. The molecule has 0 radical (unpaired) electrons. The topological polar surface area (TPSA) is 41.1 Å². The summed E-state index contributed by atoms with van der Waals surface area (Å²) in [7, 11) is 0. The largest absolute Gasteiger partial charge is 0.381 e. The average Bonchev–Trinajstić information content (AvgIpc) is 2.43.